The van der Waals surface area contributed by atoms with Crippen LogP contribution in [0.15, 0.2) is 57.7 Å². The number of ether oxygens (including phenoxy) is 2. The Morgan fingerprint density at radius 3 is 2.64 bits per heavy atom. The molecule has 4 fully saturated rings. The zero-order valence-electron chi connectivity index (χ0n) is 24.5. The first-order chi connectivity index (χ1) is 19.8. The number of carbonyl (C=O) groups is 1. The van der Waals surface area contributed by atoms with E-state index in [-0.39, 0.29) is 36.6 Å². The molecule has 1 heterocycles. The number of carbonyl (C=O) groups excluding carboxylic acids is 1. The molecule has 0 bridgehead atoms. The van der Waals surface area contributed by atoms with E-state index < -0.39 is 47.1 Å². The van der Waals surface area contributed by atoms with Gasteiger partial charge in [-0.3, -0.25) is 10.1 Å². The number of fused-ring (bicyclic) bond motifs is 7. The minimum atomic E-state index is -1.24. The summed E-state index contributed by atoms with van der Waals surface area (Å²) < 4.78 is 29.1. The predicted molar refractivity (Wildman–Crippen MR) is 159 cm³/mol. The van der Waals surface area contributed by atoms with Crippen LogP contribution >= 0.6 is 15.9 Å². The largest absolute Gasteiger partial charge is 0.490 e. The lowest BCUT2D eigenvalue weighted by atomic mass is 9.45. The minimum absolute atomic E-state index is 0.0656. The molecule has 6 rings (SSSR count). The second-order valence-electron chi connectivity index (χ2n) is 13.4. The Hall–Kier alpha value is -2.11. The number of hydrogen-bond acceptors (Lipinski definition) is 8. The molecular weight excluding hydrogens is 607 g/mol. The zero-order chi connectivity index (χ0) is 30.1. The number of benzene rings is 1. The Morgan fingerprint density at radius 2 is 1.93 bits per heavy atom. The van der Waals surface area contributed by atoms with Crippen molar-refractivity contribution >= 4 is 27.4 Å². The minimum Gasteiger partial charge on any atom is -0.490 e. The van der Waals surface area contributed by atoms with Crippen molar-refractivity contribution in [2.45, 2.75) is 76.6 Å². The van der Waals surface area contributed by atoms with Crippen LogP contribution in [0, 0.1) is 28.6 Å². The Bertz CT molecular complexity index is 1330. The number of rotatable bonds is 7. The first kappa shape index (κ1) is 29.9. The van der Waals surface area contributed by atoms with E-state index in [0.29, 0.717) is 30.7 Å². The molecule has 0 unspecified atom stereocenters. The Morgan fingerprint density at radius 1 is 1.19 bits per heavy atom. The monoisotopic (exact) mass is 646 g/mol. The number of alkyl halides is 1. The first-order valence-electron chi connectivity index (χ1n) is 14.8. The van der Waals surface area contributed by atoms with Gasteiger partial charge in [0.15, 0.2) is 12.4 Å². The lowest BCUT2D eigenvalue weighted by molar-refractivity contribution is -0.151. The van der Waals surface area contributed by atoms with Gasteiger partial charge in [0.1, 0.15) is 42.1 Å². The van der Waals surface area contributed by atoms with Crippen LogP contribution in [0.25, 0.3) is 0 Å². The third kappa shape index (κ3) is 4.51. The number of hydrogen-bond donors (Lipinski definition) is 3. The van der Waals surface area contributed by atoms with Crippen LogP contribution in [0.1, 0.15) is 47.0 Å². The number of ketones is 1. The van der Waals surface area contributed by atoms with Crippen molar-refractivity contribution in [3.63, 3.8) is 0 Å². The summed E-state index contributed by atoms with van der Waals surface area (Å²) in [6.07, 6.45) is 4.24. The van der Waals surface area contributed by atoms with Gasteiger partial charge in [0.2, 0.25) is 0 Å². The highest BCUT2D eigenvalue weighted by Gasteiger charge is 2.75. The lowest BCUT2D eigenvalue weighted by Gasteiger charge is -2.60. The summed E-state index contributed by atoms with van der Waals surface area (Å²) in [4.78, 5) is 18.9. The number of aliphatic hydroxyl groups is 2. The molecule has 1 aromatic carbocycles. The van der Waals surface area contributed by atoms with Crippen molar-refractivity contribution in [3.05, 3.63) is 52.5 Å². The quantitative estimate of drug-likeness (QED) is 0.296. The normalized spacial score (nSPS) is 42.3. The smallest absolute Gasteiger partial charge is 0.181 e. The average Bonchev–Trinajstić information content (AvgIpc) is 3.34. The average molecular weight is 648 g/mol. The molecule has 0 amide bonds. The number of nitrogens with one attached hydrogen (secondary N) is 1. The van der Waals surface area contributed by atoms with E-state index in [1.807, 2.05) is 64.1 Å². The van der Waals surface area contributed by atoms with Gasteiger partial charge >= 0.3 is 0 Å². The first-order valence-corrected chi connectivity index (χ1v) is 15.6. The van der Waals surface area contributed by atoms with Crippen LogP contribution in [-0.2, 0) is 14.4 Å². The van der Waals surface area contributed by atoms with Gasteiger partial charge in [-0.25, -0.2) is 4.39 Å². The molecule has 42 heavy (non-hydrogen) atoms. The molecule has 5 aliphatic rings. The number of halogens is 2. The van der Waals surface area contributed by atoms with Gasteiger partial charge in [0.05, 0.1) is 12.2 Å². The molecule has 228 valence electrons. The number of oxime groups is 1. The van der Waals surface area contributed by atoms with Gasteiger partial charge in [-0.05, 0) is 86.9 Å². The van der Waals surface area contributed by atoms with Gasteiger partial charge in [0.25, 0.3) is 0 Å². The predicted octanol–water partition coefficient (Wildman–Crippen LogP) is 4.49. The lowest BCUT2D eigenvalue weighted by Crippen LogP contribution is -2.69. The molecular formula is C32H40BrFN2O6. The molecule has 10 heteroatoms. The van der Waals surface area contributed by atoms with Crippen molar-refractivity contribution in [1.82, 2.24) is 5.32 Å². The van der Waals surface area contributed by atoms with E-state index in [1.54, 1.807) is 6.08 Å². The van der Waals surface area contributed by atoms with E-state index in [1.165, 1.54) is 0 Å². The van der Waals surface area contributed by atoms with Crippen LogP contribution in [0.4, 0.5) is 4.39 Å². The maximum absolute atomic E-state index is 16.2. The third-order valence-electron chi connectivity index (χ3n) is 10.7. The van der Waals surface area contributed by atoms with E-state index in [9.17, 15) is 15.0 Å². The van der Waals surface area contributed by atoms with E-state index in [2.05, 4.69) is 26.4 Å². The molecule has 1 aromatic rings. The fourth-order valence-electron chi connectivity index (χ4n) is 9.17. The molecule has 0 spiro atoms. The molecule has 8 nitrogen and oxygen atoms in total. The summed E-state index contributed by atoms with van der Waals surface area (Å²) in [7, 11) is 0. The van der Waals surface area contributed by atoms with Crippen LogP contribution in [0.3, 0.4) is 0 Å². The van der Waals surface area contributed by atoms with Gasteiger partial charge in [-0.15, -0.1) is 0 Å². The van der Waals surface area contributed by atoms with Crippen LogP contribution in [-0.4, -0.2) is 71.2 Å². The molecule has 4 aliphatic carbocycles. The number of allylic oxidation sites excluding steroid dienone is 4. The van der Waals surface area contributed by atoms with Crippen LogP contribution in [0.2, 0.25) is 0 Å². The zero-order valence-corrected chi connectivity index (χ0v) is 26.1. The van der Waals surface area contributed by atoms with E-state index in [4.69, 9.17) is 14.3 Å². The summed E-state index contributed by atoms with van der Waals surface area (Å²) in [5, 5.41) is 29.5. The summed E-state index contributed by atoms with van der Waals surface area (Å²) in [6.45, 7) is 7.70. The van der Waals surface area contributed by atoms with Crippen molar-refractivity contribution in [2.24, 2.45) is 33.7 Å². The highest BCUT2D eigenvalue weighted by Crippen LogP contribution is 2.69. The highest BCUT2D eigenvalue weighted by atomic mass is 79.9. The third-order valence-corrected chi connectivity index (χ3v) is 11.2. The summed E-state index contributed by atoms with van der Waals surface area (Å²) in [5.74, 6) is -0.0703. The molecule has 9 atom stereocenters. The second kappa shape index (κ2) is 10.5. The van der Waals surface area contributed by atoms with Gasteiger partial charge < -0.3 is 24.5 Å². The van der Waals surface area contributed by atoms with E-state index >= 15 is 4.39 Å². The fraction of sp³-hybridized carbons (Fsp3) is 0.625. The van der Waals surface area contributed by atoms with Gasteiger partial charge in [-0.2, -0.15) is 0 Å². The SMILES string of the molecule is CC1(C)N[C@]2(C(=O)CO)[C@@H](C[C@H]3[C@@H]4C[C@H](F)C5=C/C(=N/OCCOc6ccc(Br)cc6)C=C[C@]5(C)[C@H]4[C@@H](O)C[C@@]32C)O1. The standard InChI is InChI=1S/C32H40BrFN2O6/c1-29(2)36-32(26(39)17-37)27(42-29)15-22-21-14-24(34)23-13-19(35-41-12-11-40-20-7-5-18(33)6-8-20)9-10-30(23,3)28(21)25(38)16-31(22,32)4/h5-10,13,21-22,24-25,27-28,36-38H,11-12,14-17H2,1-4H3/b35-19+/t21-,22-,24-,25-,27+,28+,30-,31-,32+/m0/s1. The van der Waals surface area contributed by atoms with Crippen molar-refractivity contribution in [3.8, 4) is 5.75 Å². The summed E-state index contributed by atoms with van der Waals surface area (Å²) in [6, 6.07) is 7.51. The molecule has 3 saturated carbocycles. The molecule has 1 aliphatic heterocycles. The Labute approximate surface area is 254 Å². The summed E-state index contributed by atoms with van der Waals surface area (Å²) in [5.41, 5.74) is -2.20. The van der Waals surface area contributed by atoms with Crippen LogP contribution in [0.5, 0.6) is 5.75 Å². The Kier molecular flexibility index (Phi) is 7.49. The van der Waals surface area contributed by atoms with Gasteiger partial charge in [-0.1, -0.05) is 41.0 Å². The highest BCUT2D eigenvalue weighted by molar-refractivity contribution is 9.10. The number of Topliss-reactive ketones (excluding diaryl/α,β-unsaturated/α-hetero) is 1. The van der Waals surface area contributed by atoms with Crippen molar-refractivity contribution in [1.29, 1.82) is 0 Å². The van der Waals surface area contributed by atoms with Crippen molar-refractivity contribution in [2.75, 3.05) is 19.8 Å². The maximum Gasteiger partial charge on any atom is 0.181 e. The Balaban J connectivity index is 1.20. The van der Waals surface area contributed by atoms with Gasteiger partial charge in [0, 0.05) is 21.2 Å². The van der Waals surface area contributed by atoms with Crippen molar-refractivity contribution < 1.29 is 33.7 Å². The fourth-order valence-corrected chi connectivity index (χ4v) is 9.44. The number of nitrogens with zero attached hydrogens (tertiary/aromatic N) is 1. The maximum atomic E-state index is 16.2. The van der Waals surface area contributed by atoms with Crippen LogP contribution < -0.4 is 10.1 Å². The molecule has 3 N–H and O–H groups in total. The topological polar surface area (TPSA) is 110 Å². The molecule has 1 saturated heterocycles. The second-order valence-corrected chi connectivity index (χ2v) is 14.3. The molecule has 0 radical (unpaired) electrons. The molecule has 0 aromatic heterocycles. The summed E-state index contributed by atoms with van der Waals surface area (Å²) >= 11 is 3.40. The van der Waals surface area contributed by atoms with E-state index in [0.717, 1.165) is 10.2 Å². The number of aliphatic hydroxyl groups excluding tert-OH is 2.